The molecule has 1 fully saturated rings. The van der Waals surface area contributed by atoms with E-state index in [-0.39, 0.29) is 24.2 Å². The van der Waals surface area contributed by atoms with E-state index in [2.05, 4.69) is 16.4 Å². The van der Waals surface area contributed by atoms with Crippen LogP contribution in [0.4, 0.5) is 5.69 Å². The summed E-state index contributed by atoms with van der Waals surface area (Å²) in [5.41, 5.74) is 3.00. The van der Waals surface area contributed by atoms with E-state index in [4.69, 9.17) is 4.74 Å². The number of ether oxygens (including phenoxy) is 1. The molecule has 6 nitrogen and oxygen atoms in total. The minimum Gasteiger partial charge on any atom is -0.494 e. The second-order valence-corrected chi connectivity index (χ2v) is 7.30. The van der Waals surface area contributed by atoms with Crippen molar-refractivity contribution in [1.82, 2.24) is 9.88 Å². The quantitative estimate of drug-likeness (QED) is 0.646. The van der Waals surface area contributed by atoms with Gasteiger partial charge >= 0.3 is 0 Å². The number of benzene rings is 2. The molecule has 1 saturated heterocycles. The fraction of sp³-hybridized carbons (Fsp3) is 0.304. The minimum atomic E-state index is -0.322. The van der Waals surface area contributed by atoms with E-state index in [9.17, 15) is 9.59 Å². The van der Waals surface area contributed by atoms with Crippen LogP contribution in [0, 0.1) is 5.92 Å². The highest BCUT2D eigenvalue weighted by atomic mass is 16.5. The maximum atomic E-state index is 12.6. The van der Waals surface area contributed by atoms with Crippen LogP contribution in [0.15, 0.2) is 54.7 Å². The van der Waals surface area contributed by atoms with Crippen molar-refractivity contribution in [3.8, 4) is 5.75 Å². The number of hydrogen-bond acceptors (Lipinski definition) is 3. The lowest BCUT2D eigenvalue weighted by atomic mass is 10.1. The molecule has 1 aliphatic rings. The average Bonchev–Trinajstić information content (AvgIpc) is 3.31. The Bertz CT molecular complexity index is 1010. The average molecular weight is 391 g/mol. The summed E-state index contributed by atoms with van der Waals surface area (Å²) in [7, 11) is 0. The molecule has 2 amide bonds. The van der Waals surface area contributed by atoms with Crippen LogP contribution in [0.25, 0.3) is 10.9 Å². The van der Waals surface area contributed by atoms with Crippen molar-refractivity contribution in [3.05, 3.63) is 60.3 Å². The van der Waals surface area contributed by atoms with E-state index >= 15 is 0 Å². The molecule has 0 spiro atoms. The summed E-state index contributed by atoms with van der Waals surface area (Å²) in [5.74, 6) is 0.371. The summed E-state index contributed by atoms with van der Waals surface area (Å²) in [6.07, 6.45) is 3.03. The lowest BCUT2D eigenvalue weighted by Crippen LogP contribution is -2.30. The number of likely N-dealkylation sites (tertiary alicyclic amines) is 1. The van der Waals surface area contributed by atoms with Gasteiger partial charge < -0.3 is 19.9 Å². The molecule has 6 heteroatoms. The second kappa shape index (κ2) is 8.39. The van der Waals surface area contributed by atoms with Gasteiger partial charge in [0.25, 0.3) is 0 Å². The Morgan fingerprint density at radius 3 is 2.79 bits per heavy atom. The number of rotatable bonds is 7. The fourth-order valence-corrected chi connectivity index (χ4v) is 3.80. The van der Waals surface area contributed by atoms with E-state index in [1.165, 1.54) is 10.9 Å². The molecule has 0 radical (unpaired) electrons. The number of nitrogens with one attached hydrogen (secondary N) is 2. The summed E-state index contributed by atoms with van der Waals surface area (Å²) >= 11 is 0. The van der Waals surface area contributed by atoms with Crippen molar-refractivity contribution < 1.29 is 14.3 Å². The molecule has 2 N–H and O–H groups in total. The molecule has 29 heavy (non-hydrogen) atoms. The van der Waals surface area contributed by atoms with E-state index < -0.39 is 0 Å². The highest BCUT2D eigenvalue weighted by Crippen LogP contribution is 2.23. The molecule has 0 bridgehead atoms. The number of hydrogen-bond donors (Lipinski definition) is 2. The van der Waals surface area contributed by atoms with Crippen molar-refractivity contribution in [3.63, 3.8) is 0 Å². The first kappa shape index (κ1) is 19.1. The summed E-state index contributed by atoms with van der Waals surface area (Å²) in [5, 5.41) is 4.09. The van der Waals surface area contributed by atoms with Crippen LogP contribution in [-0.2, 0) is 16.0 Å². The SMILES string of the molecule is CCOc1ccc(NC(=O)C2CC(=O)N(CCc3c[nH]c4ccccc34)C2)cc1. The van der Waals surface area contributed by atoms with Crippen molar-refractivity contribution in [1.29, 1.82) is 0 Å². The van der Waals surface area contributed by atoms with Crippen LogP contribution in [0.3, 0.4) is 0 Å². The molecule has 1 aromatic heterocycles. The van der Waals surface area contributed by atoms with Gasteiger partial charge in [-0.3, -0.25) is 9.59 Å². The minimum absolute atomic E-state index is 0.0386. The summed E-state index contributed by atoms with van der Waals surface area (Å²) < 4.78 is 5.41. The van der Waals surface area contributed by atoms with E-state index in [0.29, 0.717) is 25.4 Å². The molecule has 2 aromatic carbocycles. The molecule has 2 heterocycles. The van der Waals surface area contributed by atoms with Crippen LogP contribution in [-0.4, -0.2) is 41.4 Å². The predicted molar refractivity (Wildman–Crippen MR) is 113 cm³/mol. The Morgan fingerprint density at radius 1 is 1.21 bits per heavy atom. The van der Waals surface area contributed by atoms with Gasteiger partial charge in [0.05, 0.1) is 12.5 Å². The number of anilines is 1. The van der Waals surface area contributed by atoms with Crippen LogP contribution < -0.4 is 10.1 Å². The smallest absolute Gasteiger partial charge is 0.229 e. The molecule has 150 valence electrons. The Balaban J connectivity index is 1.33. The molecule has 1 unspecified atom stereocenters. The van der Waals surface area contributed by atoms with Crippen molar-refractivity contribution in [2.45, 2.75) is 19.8 Å². The Kier molecular flexibility index (Phi) is 5.51. The van der Waals surface area contributed by atoms with Gasteiger partial charge in [-0.05, 0) is 49.2 Å². The lowest BCUT2D eigenvalue weighted by molar-refractivity contribution is -0.128. The summed E-state index contributed by atoms with van der Waals surface area (Å²) in [6.45, 7) is 3.61. The number of amides is 2. The van der Waals surface area contributed by atoms with Gasteiger partial charge in [-0.1, -0.05) is 18.2 Å². The van der Waals surface area contributed by atoms with Gasteiger partial charge in [-0.2, -0.15) is 0 Å². The Hall–Kier alpha value is -3.28. The van der Waals surface area contributed by atoms with Crippen LogP contribution in [0.5, 0.6) is 5.75 Å². The van der Waals surface area contributed by atoms with E-state index in [1.807, 2.05) is 55.6 Å². The zero-order valence-electron chi connectivity index (χ0n) is 16.5. The first-order valence-corrected chi connectivity index (χ1v) is 10.0. The Morgan fingerprint density at radius 2 is 2.00 bits per heavy atom. The topological polar surface area (TPSA) is 74.4 Å². The monoisotopic (exact) mass is 391 g/mol. The number of fused-ring (bicyclic) bond motifs is 1. The van der Waals surface area contributed by atoms with Gasteiger partial charge in [0.1, 0.15) is 5.75 Å². The van der Waals surface area contributed by atoms with Crippen molar-refractivity contribution >= 4 is 28.4 Å². The van der Waals surface area contributed by atoms with Gasteiger partial charge in [0.2, 0.25) is 11.8 Å². The maximum absolute atomic E-state index is 12.6. The number of carbonyl (C=O) groups is 2. The zero-order valence-corrected chi connectivity index (χ0v) is 16.5. The molecular formula is C23H25N3O3. The molecule has 0 saturated carbocycles. The molecule has 3 aromatic rings. The van der Waals surface area contributed by atoms with E-state index in [0.717, 1.165) is 17.7 Å². The van der Waals surface area contributed by atoms with Gasteiger partial charge in [-0.15, -0.1) is 0 Å². The number of para-hydroxylation sites is 1. The van der Waals surface area contributed by atoms with E-state index in [1.54, 1.807) is 4.90 Å². The van der Waals surface area contributed by atoms with Gasteiger partial charge in [0.15, 0.2) is 0 Å². The summed E-state index contributed by atoms with van der Waals surface area (Å²) in [6, 6.07) is 15.4. The number of nitrogens with zero attached hydrogens (tertiary/aromatic N) is 1. The van der Waals surface area contributed by atoms with Crippen LogP contribution >= 0.6 is 0 Å². The largest absolute Gasteiger partial charge is 0.494 e. The molecular weight excluding hydrogens is 366 g/mol. The third-order valence-corrected chi connectivity index (χ3v) is 5.34. The van der Waals surface area contributed by atoms with Crippen LogP contribution in [0.1, 0.15) is 18.9 Å². The fourth-order valence-electron chi connectivity index (χ4n) is 3.80. The Labute approximate surface area is 169 Å². The van der Waals surface area contributed by atoms with Gasteiger partial charge in [-0.25, -0.2) is 0 Å². The van der Waals surface area contributed by atoms with Crippen molar-refractivity contribution in [2.24, 2.45) is 5.92 Å². The zero-order chi connectivity index (χ0) is 20.2. The highest BCUT2D eigenvalue weighted by molar-refractivity contribution is 5.97. The molecule has 1 atom stereocenters. The first-order valence-electron chi connectivity index (χ1n) is 10.0. The molecule has 0 aliphatic carbocycles. The number of aromatic nitrogens is 1. The lowest BCUT2D eigenvalue weighted by Gasteiger charge is -2.16. The highest BCUT2D eigenvalue weighted by Gasteiger charge is 2.34. The number of carbonyl (C=O) groups excluding carboxylic acids is 2. The van der Waals surface area contributed by atoms with Crippen molar-refractivity contribution in [2.75, 3.05) is 25.0 Å². The maximum Gasteiger partial charge on any atom is 0.229 e. The number of aromatic amines is 1. The normalized spacial score (nSPS) is 16.4. The summed E-state index contributed by atoms with van der Waals surface area (Å²) in [4.78, 5) is 30.1. The second-order valence-electron chi connectivity index (χ2n) is 7.30. The third-order valence-electron chi connectivity index (χ3n) is 5.34. The third kappa shape index (κ3) is 4.26. The standard InChI is InChI=1S/C23H25N3O3/c1-2-29-19-9-7-18(8-10-19)25-23(28)17-13-22(27)26(15-17)12-11-16-14-24-21-6-4-3-5-20(16)21/h3-10,14,17,24H,2,11-13,15H2,1H3,(H,25,28). The molecule has 1 aliphatic heterocycles. The van der Waals surface area contributed by atoms with Crippen LogP contribution in [0.2, 0.25) is 0 Å². The first-order chi connectivity index (χ1) is 14.1. The van der Waals surface area contributed by atoms with Gasteiger partial charge in [0, 0.05) is 42.3 Å². The number of H-pyrrole nitrogens is 1. The predicted octanol–water partition coefficient (Wildman–Crippen LogP) is 3.60. The molecule has 4 rings (SSSR count).